The molecule has 1 aliphatic heterocycles. The van der Waals surface area contributed by atoms with Gasteiger partial charge in [0.25, 0.3) is 0 Å². The molecule has 2 atom stereocenters. The van der Waals surface area contributed by atoms with Crippen LogP contribution < -0.4 is 16.0 Å². The van der Waals surface area contributed by atoms with Gasteiger partial charge < -0.3 is 26.2 Å². The van der Waals surface area contributed by atoms with Gasteiger partial charge in [0.15, 0.2) is 0 Å². The van der Waals surface area contributed by atoms with Crippen LogP contribution >= 0.6 is 0 Å². The molecule has 0 saturated carbocycles. The smallest absolute Gasteiger partial charge is 0.326 e. The van der Waals surface area contributed by atoms with Crippen LogP contribution in [0.15, 0.2) is 0 Å². The summed E-state index contributed by atoms with van der Waals surface area (Å²) in [5.41, 5.74) is 0. The van der Waals surface area contributed by atoms with Crippen molar-refractivity contribution in [3.63, 3.8) is 0 Å². The van der Waals surface area contributed by atoms with E-state index < -0.39 is 24.0 Å². The number of rotatable bonds is 6. The minimum absolute atomic E-state index is 0.0895. The van der Waals surface area contributed by atoms with Crippen LogP contribution in [0.25, 0.3) is 0 Å². The second-order valence-electron chi connectivity index (χ2n) is 4.48. The highest BCUT2D eigenvalue weighted by atomic mass is 16.4. The maximum Gasteiger partial charge on any atom is 0.326 e. The molecule has 0 aromatic carbocycles. The van der Waals surface area contributed by atoms with Gasteiger partial charge in [0.1, 0.15) is 6.04 Å². The van der Waals surface area contributed by atoms with Gasteiger partial charge in [0.05, 0.1) is 0 Å². The summed E-state index contributed by atoms with van der Waals surface area (Å²) in [5.74, 6) is -2.51. The van der Waals surface area contributed by atoms with E-state index in [1.807, 2.05) is 0 Å². The van der Waals surface area contributed by atoms with Gasteiger partial charge in [-0.2, -0.15) is 0 Å². The van der Waals surface area contributed by atoms with Crippen LogP contribution in [0.4, 0.5) is 4.79 Å². The van der Waals surface area contributed by atoms with E-state index in [1.54, 1.807) is 0 Å². The van der Waals surface area contributed by atoms with Crippen LogP contribution in [0.5, 0.6) is 0 Å². The molecule has 9 heteroatoms. The summed E-state index contributed by atoms with van der Waals surface area (Å²) in [6, 6.07) is -2.21. The Morgan fingerprint density at radius 1 is 1.35 bits per heavy atom. The molecule has 1 fully saturated rings. The van der Waals surface area contributed by atoms with Gasteiger partial charge in [0, 0.05) is 25.4 Å². The molecular weight excluding hydrogens is 270 g/mol. The number of urea groups is 1. The van der Waals surface area contributed by atoms with Crippen molar-refractivity contribution in [2.75, 3.05) is 6.54 Å². The highest BCUT2D eigenvalue weighted by Gasteiger charge is 2.24. The Bertz CT molecular complexity index is 401. The minimum Gasteiger partial charge on any atom is -0.481 e. The molecule has 1 rings (SSSR count). The second kappa shape index (κ2) is 7.31. The first-order valence-electron chi connectivity index (χ1n) is 6.17. The van der Waals surface area contributed by atoms with Gasteiger partial charge in [-0.25, -0.2) is 9.59 Å². The molecule has 0 aliphatic carbocycles. The molecule has 0 bridgehead atoms. The Labute approximate surface area is 114 Å². The predicted octanol–water partition coefficient (Wildman–Crippen LogP) is -1.12. The van der Waals surface area contributed by atoms with Crippen molar-refractivity contribution in [1.82, 2.24) is 16.0 Å². The fourth-order valence-electron chi connectivity index (χ4n) is 1.77. The van der Waals surface area contributed by atoms with Crippen molar-refractivity contribution in [1.29, 1.82) is 0 Å². The van der Waals surface area contributed by atoms with Crippen molar-refractivity contribution >= 4 is 23.9 Å². The van der Waals surface area contributed by atoms with Gasteiger partial charge in [-0.1, -0.05) is 0 Å². The van der Waals surface area contributed by atoms with Crippen molar-refractivity contribution in [3.8, 4) is 0 Å². The van der Waals surface area contributed by atoms with Gasteiger partial charge in [-0.15, -0.1) is 0 Å². The lowest BCUT2D eigenvalue weighted by Crippen LogP contribution is -2.53. The highest BCUT2D eigenvalue weighted by molar-refractivity contribution is 5.83. The molecule has 1 saturated heterocycles. The molecule has 0 aromatic heterocycles. The third-order valence-electron chi connectivity index (χ3n) is 2.85. The molecule has 5 N–H and O–H groups in total. The van der Waals surface area contributed by atoms with Crippen LogP contribution in [0.1, 0.15) is 25.7 Å². The van der Waals surface area contributed by atoms with E-state index in [0.717, 1.165) is 0 Å². The minimum atomic E-state index is -1.29. The monoisotopic (exact) mass is 287 g/mol. The summed E-state index contributed by atoms with van der Waals surface area (Å²) >= 11 is 0. The second-order valence-corrected chi connectivity index (χ2v) is 4.48. The summed E-state index contributed by atoms with van der Waals surface area (Å²) in [4.78, 5) is 43.8. The Kier molecular flexibility index (Phi) is 5.75. The summed E-state index contributed by atoms with van der Waals surface area (Å²) in [7, 11) is 0. The number of carboxylic acid groups (broad SMARTS) is 2. The van der Waals surface area contributed by atoms with Gasteiger partial charge in [0.2, 0.25) is 5.91 Å². The molecule has 2 unspecified atom stereocenters. The predicted molar refractivity (Wildman–Crippen MR) is 66.0 cm³/mol. The van der Waals surface area contributed by atoms with Gasteiger partial charge >= 0.3 is 18.0 Å². The highest BCUT2D eigenvalue weighted by Crippen LogP contribution is 2.03. The lowest BCUT2D eigenvalue weighted by Gasteiger charge is -2.24. The first-order chi connectivity index (χ1) is 9.38. The van der Waals surface area contributed by atoms with Crippen molar-refractivity contribution < 1.29 is 29.4 Å². The van der Waals surface area contributed by atoms with E-state index in [9.17, 15) is 19.2 Å². The maximum absolute atomic E-state index is 11.6. The number of aliphatic carboxylic acids is 2. The molecule has 112 valence electrons. The number of hydrogen-bond donors (Lipinski definition) is 5. The average Bonchev–Trinajstić information content (AvgIpc) is 2.36. The molecule has 3 amide bonds. The lowest BCUT2D eigenvalue weighted by molar-refractivity contribution is -0.140. The van der Waals surface area contributed by atoms with Crippen LogP contribution in [0.3, 0.4) is 0 Å². The number of hydrogen-bond acceptors (Lipinski definition) is 4. The fourth-order valence-corrected chi connectivity index (χ4v) is 1.77. The van der Waals surface area contributed by atoms with Crippen LogP contribution in [-0.4, -0.2) is 52.7 Å². The zero-order chi connectivity index (χ0) is 15.1. The first-order valence-corrected chi connectivity index (χ1v) is 6.17. The standard InChI is InChI=1S/C11H17N3O6/c15-8-3-1-6(5-12-8)13-11(20)14-7(10(18)19)2-4-9(16)17/h6-7H,1-5H2,(H,12,15)(H,16,17)(H,18,19)(H2,13,14,20). The lowest BCUT2D eigenvalue weighted by atomic mass is 10.1. The zero-order valence-electron chi connectivity index (χ0n) is 10.7. The number of carbonyl (C=O) groups excluding carboxylic acids is 2. The molecule has 0 spiro atoms. The van der Waals surface area contributed by atoms with Crippen LogP contribution in [0, 0.1) is 0 Å². The summed E-state index contributed by atoms with van der Waals surface area (Å²) < 4.78 is 0. The number of amides is 3. The quantitative estimate of drug-likeness (QED) is 0.418. The van der Waals surface area contributed by atoms with E-state index >= 15 is 0 Å². The molecular formula is C11H17N3O6. The third-order valence-corrected chi connectivity index (χ3v) is 2.85. The van der Waals surface area contributed by atoms with Gasteiger partial charge in [-0.3, -0.25) is 9.59 Å². The largest absolute Gasteiger partial charge is 0.481 e. The average molecular weight is 287 g/mol. The Balaban J connectivity index is 2.39. The van der Waals surface area contributed by atoms with Crippen molar-refractivity contribution in [2.24, 2.45) is 0 Å². The molecule has 0 radical (unpaired) electrons. The van der Waals surface area contributed by atoms with E-state index in [-0.39, 0.29) is 24.8 Å². The van der Waals surface area contributed by atoms with E-state index in [4.69, 9.17) is 10.2 Å². The third kappa shape index (κ3) is 5.55. The molecule has 1 heterocycles. The Morgan fingerprint density at radius 3 is 2.55 bits per heavy atom. The van der Waals surface area contributed by atoms with E-state index in [2.05, 4.69) is 16.0 Å². The number of piperidine rings is 1. The van der Waals surface area contributed by atoms with Crippen molar-refractivity contribution in [3.05, 3.63) is 0 Å². The number of carbonyl (C=O) groups is 4. The molecule has 20 heavy (non-hydrogen) atoms. The molecule has 9 nitrogen and oxygen atoms in total. The van der Waals surface area contributed by atoms with Crippen LogP contribution in [0.2, 0.25) is 0 Å². The Hall–Kier alpha value is -2.32. The van der Waals surface area contributed by atoms with Crippen molar-refractivity contribution in [2.45, 2.75) is 37.8 Å². The number of nitrogens with one attached hydrogen (secondary N) is 3. The number of carboxylic acids is 2. The first kappa shape index (κ1) is 15.7. The molecule has 0 aromatic rings. The topological polar surface area (TPSA) is 145 Å². The molecule has 1 aliphatic rings. The summed E-state index contributed by atoms with van der Waals surface area (Å²) in [6.07, 6.45) is 0.231. The van der Waals surface area contributed by atoms with Crippen LogP contribution in [-0.2, 0) is 14.4 Å². The normalized spacial score (nSPS) is 19.6. The van der Waals surface area contributed by atoms with Gasteiger partial charge in [-0.05, 0) is 12.8 Å². The van der Waals surface area contributed by atoms with E-state index in [1.165, 1.54) is 0 Å². The summed E-state index contributed by atoms with van der Waals surface area (Å²) in [5, 5.41) is 24.7. The summed E-state index contributed by atoms with van der Waals surface area (Å²) in [6.45, 7) is 0.291. The maximum atomic E-state index is 11.6. The fraction of sp³-hybridized carbons (Fsp3) is 0.636. The zero-order valence-corrected chi connectivity index (χ0v) is 10.7. The SMILES string of the molecule is O=C(O)CCC(NC(=O)NC1CCC(=O)NC1)C(=O)O. The van der Waals surface area contributed by atoms with E-state index in [0.29, 0.717) is 19.4 Å². The Morgan fingerprint density at radius 2 is 2.05 bits per heavy atom.